The number of fused-ring (bicyclic) bond motifs is 1. The van der Waals surface area contributed by atoms with Crippen LogP contribution in [-0.4, -0.2) is 25.4 Å². The Morgan fingerprint density at radius 1 is 1.14 bits per heavy atom. The molecule has 154 valence electrons. The largest absolute Gasteiger partial charge is 0.496 e. The number of methoxy groups -OCH3 is 1. The normalized spacial score (nSPS) is 15.6. The number of ether oxygens (including phenoxy) is 1. The lowest BCUT2D eigenvalue weighted by Gasteiger charge is -2.43. The standard InChI is InChI=1S/C26H34N2O/c1-8-13-28-24-15-25(29-7)21(14-23(24)19(4)16-26(28,5)6)17-27-22-11-9-20(10-12-22)18(2)3/h9-12,14-18H,8,13H2,1-7H3. The zero-order valence-electron chi connectivity index (χ0n) is 18.9. The second-order valence-corrected chi connectivity index (χ2v) is 8.75. The maximum atomic E-state index is 5.74. The van der Waals surface area contributed by atoms with E-state index in [1.807, 2.05) is 6.21 Å². The third-order valence-corrected chi connectivity index (χ3v) is 5.69. The first kappa shape index (κ1) is 21.2. The van der Waals surface area contributed by atoms with Crippen LogP contribution in [0.15, 0.2) is 47.5 Å². The predicted octanol–water partition coefficient (Wildman–Crippen LogP) is 6.98. The average molecular weight is 391 g/mol. The van der Waals surface area contributed by atoms with Gasteiger partial charge in [-0.05, 0) is 62.4 Å². The lowest BCUT2D eigenvalue weighted by atomic mass is 9.87. The van der Waals surface area contributed by atoms with Crippen molar-refractivity contribution >= 4 is 23.2 Å². The van der Waals surface area contributed by atoms with Crippen molar-refractivity contribution in [1.29, 1.82) is 0 Å². The van der Waals surface area contributed by atoms with Crippen molar-refractivity contribution in [3.63, 3.8) is 0 Å². The molecule has 0 aliphatic carbocycles. The summed E-state index contributed by atoms with van der Waals surface area (Å²) in [5.41, 5.74) is 7.08. The molecule has 3 nitrogen and oxygen atoms in total. The van der Waals surface area contributed by atoms with Crippen LogP contribution in [0.3, 0.4) is 0 Å². The van der Waals surface area contributed by atoms with Crippen molar-refractivity contribution in [2.45, 2.75) is 59.4 Å². The number of allylic oxidation sites excluding steroid dienone is 1. The fourth-order valence-electron chi connectivity index (χ4n) is 4.12. The fraction of sp³-hybridized carbons (Fsp3) is 0.423. The van der Waals surface area contributed by atoms with E-state index in [4.69, 9.17) is 9.73 Å². The van der Waals surface area contributed by atoms with Crippen molar-refractivity contribution < 1.29 is 4.74 Å². The van der Waals surface area contributed by atoms with Crippen LogP contribution in [0.4, 0.5) is 11.4 Å². The second kappa shape index (κ2) is 8.44. The molecule has 0 bridgehead atoms. The minimum absolute atomic E-state index is 0.00806. The molecule has 0 unspecified atom stereocenters. The molecule has 1 aliphatic heterocycles. The molecule has 1 heterocycles. The SMILES string of the molecule is CCCN1c2cc(OC)c(C=Nc3ccc(C(C)C)cc3)cc2C(C)=CC1(C)C. The molecule has 0 saturated heterocycles. The minimum Gasteiger partial charge on any atom is -0.496 e. The van der Waals surface area contributed by atoms with E-state index < -0.39 is 0 Å². The van der Waals surface area contributed by atoms with Crippen LogP contribution in [0.25, 0.3) is 5.57 Å². The average Bonchev–Trinajstić information content (AvgIpc) is 2.69. The van der Waals surface area contributed by atoms with Crippen molar-refractivity contribution in [2.75, 3.05) is 18.6 Å². The Balaban J connectivity index is 2.00. The van der Waals surface area contributed by atoms with Gasteiger partial charge in [-0.3, -0.25) is 4.99 Å². The zero-order chi connectivity index (χ0) is 21.2. The minimum atomic E-state index is -0.00806. The summed E-state index contributed by atoms with van der Waals surface area (Å²) >= 11 is 0. The lowest BCUT2D eigenvalue weighted by Crippen LogP contribution is -2.45. The summed E-state index contributed by atoms with van der Waals surface area (Å²) in [5.74, 6) is 1.39. The van der Waals surface area contributed by atoms with E-state index in [0.29, 0.717) is 5.92 Å². The van der Waals surface area contributed by atoms with Crippen molar-refractivity contribution in [3.05, 3.63) is 59.2 Å². The number of nitrogens with zero attached hydrogens (tertiary/aromatic N) is 2. The number of rotatable bonds is 6. The highest BCUT2D eigenvalue weighted by Crippen LogP contribution is 2.42. The molecule has 0 aromatic heterocycles. The molecule has 0 atom stereocenters. The van der Waals surface area contributed by atoms with Crippen LogP contribution in [0.5, 0.6) is 5.75 Å². The van der Waals surface area contributed by atoms with E-state index in [9.17, 15) is 0 Å². The third-order valence-electron chi connectivity index (χ3n) is 5.69. The summed E-state index contributed by atoms with van der Waals surface area (Å²) < 4.78 is 5.74. The van der Waals surface area contributed by atoms with E-state index in [1.165, 1.54) is 22.4 Å². The first-order valence-corrected chi connectivity index (χ1v) is 10.6. The summed E-state index contributed by atoms with van der Waals surface area (Å²) in [4.78, 5) is 7.18. The Labute approximate surface area is 176 Å². The number of hydrogen-bond acceptors (Lipinski definition) is 3. The Kier molecular flexibility index (Phi) is 6.16. The van der Waals surface area contributed by atoms with Crippen LogP contribution >= 0.6 is 0 Å². The van der Waals surface area contributed by atoms with Gasteiger partial charge in [0.1, 0.15) is 5.75 Å². The molecule has 3 rings (SSSR count). The van der Waals surface area contributed by atoms with E-state index in [-0.39, 0.29) is 5.54 Å². The number of benzene rings is 2. The molecule has 0 fully saturated rings. The molecule has 2 aromatic carbocycles. The Bertz CT molecular complexity index is 920. The maximum Gasteiger partial charge on any atom is 0.129 e. The van der Waals surface area contributed by atoms with Gasteiger partial charge < -0.3 is 9.64 Å². The van der Waals surface area contributed by atoms with Gasteiger partial charge in [0, 0.05) is 35.6 Å². The lowest BCUT2D eigenvalue weighted by molar-refractivity contribution is 0.413. The molecule has 0 amide bonds. The van der Waals surface area contributed by atoms with E-state index in [2.05, 4.69) is 88.9 Å². The van der Waals surface area contributed by atoms with Crippen LogP contribution < -0.4 is 9.64 Å². The summed E-state index contributed by atoms with van der Waals surface area (Å²) in [6.07, 6.45) is 5.39. The summed E-state index contributed by atoms with van der Waals surface area (Å²) in [6.45, 7) is 14.4. The molecule has 2 aromatic rings. The smallest absolute Gasteiger partial charge is 0.129 e. The fourth-order valence-corrected chi connectivity index (χ4v) is 4.12. The molecule has 0 N–H and O–H groups in total. The Hall–Kier alpha value is -2.55. The first-order chi connectivity index (χ1) is 13.8. The predicted molar refractivity (Wildman–Crippen MR) is 126 cm³/mol. The second-order valence-electron chi connectivity index (χ2n) is 8.75. The van der Waals surface area contributed by atoms with Gasteiger partial charge in [0.2, 0.25) is 0 Å². The molecule has 0 radical (unpaired) electrons. The molecule has 29 heavy (non-hydrogen) atoms. The zero-order valence-corrected chi connectivity index (χ0v) is 18.9. The van der Waals surface area contributed by atoms with Crippen LogP contribution in [0.1, 0.15) is 70.6 Å². The highest BCUT2D eigenvalue weighted by atomic mass is 16.5. The van der Waals surface area contributed by atoms with E-state index in [1.54, 1.807) is 7.11 Å². The monoisotopic (exact) mass is 390 g/mol. The maximum absolute atomic E-state index is 5.74. The van der Waals surface area contributed by atoms with Crippen LogP contribution in [-0.2, 0) is 0 Å². The summed E-state index contributed by atoms with van der Waals surface area (Å²) in [7, 11) is 1.73. The highest BCUT2D eigenvalue weighted by molar-refractivity contribution is 5.92. The number of aliphatic imine (C=N–C) groups is 1. The van der Waals surface area contributed by atoms with Crippen molar-refractivity contribution in [2.24, 2.45) is 4.99 Å². The van der Waals surface area contributed by atoms with Crippen LogP contribution in [0.2, 0.25) is 0 Å². The number of anilines is 1. The third kappa shape index (κ3) is 4.39. The molecule has 3 heteroatoms. The van der Waals surface area contributed by atoms with Gasteiger partial charge in [-0.25, -0.2) is 0 Å². The topological polar surface area (TPSA) is 24.8 Å². The van der Waals surface area contributed by atoms with Gasteiger partial charge in [-0.15, -0.1) is 0 Å². The van der Waals surface area contributed by atoms with Gasteiger partial charge in [0.25, 0.3) is 0 Å². The highest BCUT2D eigenvalue weighted by Gasteiger charge is 2.31. The van der Waals surface area contributed by atoms with Crippen molar-refractivity contribution in [1.82, 2.24) is 0 Å². The van der Waals surface area contributed by atoms with Gasteiger partial charge in [0.15, 0.2) is 0 Å². The van der Waals surface area contributed by atoms with Gasteiger partial charge in [-0.1, -0.05) is 39.0 Å². The van der Waals surface area contributed by atoms with Gasteiger partial charge in [0.05, 0.1) is 18.3 Å². The van der Waals surface area contributed by atoms with Crippen molar-refractivity contribution in [3.8, 4) is 5.75 Å². The Morgan fingerprint density at radius 3 is 2.41 bits per heavy atom. The molecule has 1 aliphatic rings. The van der Waals surface area contributed by atoms with E-state index in [0.717, 1.165) is 30.0 Å². The quantitative estimate of drug-likeness (QED) is 0.497. The van der Waals surface area contributed by atoms with Gasteiger partial charge >= 0.3 is 0 Å². The van der Waals surface area contributed by atoms with Crippen LogP contribution in [0, 0.1) is 0 Å². The van der Waals surface area contributed by atoms with Gasteiger partial charge in [-0.2, -0.15) is 0 Å². The molecular formula is C26H34N2O. The molecule has 0 saturated carbocycles. The van der Waals surface area contributed by atoms with E-state index >= 15 is 0 Å². The first-order valence-electron chi connectivity index (χ1n) is 10.6. The number of hydrogen-bond donors (Lipinski definition) is 0. The Morgan fingerprint density at radius 2 is 1.83 bits per heavy atom. The summed E-state index contributed by atoms with van der Waals surface area (Å²) in [6, 6.07) is 12.8. The molecular weight excluding hydrogens is 356 g/mol. The summed E-state index contributed by atoms with van der Waals surface area (Å²) in [5, 5.41) is 0. The molecule has 0 spiro atoms.